The average molecular weight is 618 g/mol. The molecule has 1 aliphatic rings. The van der Waals surface area contributed by atoms with Gasteiger partial charge in [-0.2, -0.15) is 0 Å². The van der Waals surface area contributed by atoms with E-state index in [0.717, 1.165) is 5.03 Å². The summed E-state index contributed by atoms with van der Waals surface area (Å²) in [5.41, 5.74) is 0. The highest BCUT2D eigenvalue weighted by atomic mass is 33.1. The van der Waals surface area contributed by atoms with Crippen LogP contribution in [0.2, 0.25) is 0 Å². The molecule has 0 radical (unpaired) electrons. The Hall–Kier alpha value is -2.27. The molecule has 1 N–H and O–H groups in total. The number of nitrogens with zero attached hydrogens (tertiary/aromatic N) is 2. The van der Waals surface area contributed by atoms with Crippen molar-refractivity contribution in [2.45, 2.75) is 42.9 Å². The van der Waals surface area contributed by atoms with Crippen LogP contribution >= 0.6 is 21.6 Å². The van der Waals surface area contributed by atoms with Gasteiger partial charge in [0.15, 0.2) is 0 Å². The summed E-state index contributed by atoms with van der Waals surface area (Å²) in [4.78, 5) is 55.4. The SMILES string of the molecule is CC(CC(=O)NCCOCCOCCOCCOCCOCCC(=O)ON1C(=O)CCC1=O)SSc1ccccn1. The second kappa shape index (κ2) is 22.3. The third kappa shape index (κ3) is 17.3. The maximum atomic E-state index is 12.0. The molecule has 15 heteroatoms. The lowest BCUT2D eigenvalue weighted by atomic mass is 10.3. The van der Waals surface area contributed by atoms with Crippen molar-refractivity contribution in [1.29, 1.82) is 0 Å². The lowest BCUT2D eigenvalue weighted by Crippen LogP contribution is -2.32. The van der Waals surface area contributed by atoms with Crippen molar-refractivity contribution in [3.8, 4) is 0 Å². The first-order valence-electron chi connectivity index (χ1n) is 13.4. The fourth-order valence-electron chi connectivity index (χ4n) is 3.10. The molecule has 41 heavy (non-hydrogen) atoms. The van der Waals surface area contributed by atoms with Crippen LogP contribution in [0, 0.1) is 0 Å². The third-order valence-corrected chi connectivity index (χ3v) is 7.90. The number of rotatable bonds is 24. The Bertz CT molecular complexity index is 897. The van der Waals surface area contributed by atoms with Gasteiger partial charge in [-0.15, -0.1) is 5.06 Å². The lowest BCUT2D eigenvalue weighted by molar-refractivity contribution is -0.198. The number of nitrogens with one attached hydrogen (secondary N) is 1. The Balaban J connectivity index is 1.26. The van der Waals surface area contributed by atoms with Crippen LogP contribution in [0.15, 0.2) is 29.4 Å². The molecule has 1 aromatic heterocycles. The van der Waals surface area contributed by atoms with E-state index in [1.165, 1.54) is 0 Å². The third-order valence-electron chi connectivity index (χ3n) is 5.11. The van der Waals surface area contributed by atoms with E-state index in [0.29, 0.717) is 70.9 Å². The zero-order valence-corrected chi connectivity index (χ0v) is 24.9. The van der Waals surface area contributed by atoms with Crippen molar-refractivity contribution in [2.75, 3.05) is 72.6 Å². The highest BCUT2D eigenvalue weighted by Gasteiger charge is 2.32. The summed E-state index contributed by atoms with van der Waals surface area (Å²) in [5.74, 6) is -1.73. The monoisotopic (exact) mass is 617 g/mol. The largest absolute Gasteiger partial charge is 0.378 e. The molecule has 1 aromatic rings. The minimum absolute atomic E-state index is 0.00526. The van der Waals surface area contributed by atoms with Crippen molar-refractivity contribution in [3.63, 3.8) is 0 Å². The number of hydroxylamine groups is 2. The molecule has 0 aliphatic carbocycles. The predicted molar refractivity (Wildman–Crippen MR) is 151 cm³/mol. The smallest absolute Gasteiger partial charge is 0.335 e. The number of carbonyl (C=O) groups is 4. The van der Waals surface area contributed by atoms with Gasteiger partial charge in [-0.25, -0.2) is 9.78 Å². The van der Waals surface area contributed by atoms with E-state index >= 15 is 0 Å². The van der Waals surface area contributed by atoms with Gasteiger partial charge in [-0.3, -0.25) is 14.4 Å². The van der Waals surface area contributed by atoms with Gasteiger partial charge in [0.2, 0.25) is 5.91 Å². The molecule has 1 atom stereocenters. The van der Waals surface area contributed by atoms with Crippen LogP contribution in [0.1, 0.15) is 32.6 Å². The molecular weight excluding hydrogens is 578 g/mol. The minimum Gasteiger partial charge on any atom is -0.378 e. The van der Waals surface area contributed by atoms with Gasteiger partial charge in [0.1, 0.15) is 5.03 Å². The Kier molecular flexibility index (Phi) is 19.0. The molecule has 1 saturated heterocycles. The van der Waals surface area contributed by atoms with E-state index in [9.17, 15) is 19.2 Å². The first-order valence-corrected chi connectivity index (χ1v) is 15.6. The summed E-state index contributed by atoms with van der Waals surface area (Å²) in [5, 5.41) is 4.47. The Morgan fingerprint density at radius 1 is 0.878 bits per heavy atom. The highest BCUT2D eigenvalue weighted by Crippen LogP contribution is 2.33. The van der Waals surface area contributed by atoms with E-state index in [1.807, 2.05) is 25.1 Å². The number of imide groups is 1. The molecular formula is C26H39N3O10S2. The van der Waals surface area contributed by atoms with E-state index < -0.39 is 17.8 Å². The molecule has 2 rings (SSSR count). The van der Waals surface area contributed by atoms with Crippen LogP contribution in [0.4, 0.5) is 0 Å². The number of pyridine rings is 1. The van der Waals surface area contributed by atoms with Gasteiger partial charge in [-0.05, 0) is 22.9 Å². The molecule has 3 amide bonds. The summed E-state index contributed by atoms with van der Waals surface area (Å²) < 4.78 is 26.9. The van der Waals surface area contributed by atoms with Crippen molar-refractivity contribution < 1.29 is 47.7 Å². The molecule has 1 unspecified atom stereocenters. The molecule has 230 valence electrons. The Morgan fingerprint density at radius 3 is 2.00 bits per heavy atom. The molecule has 0 spiro atoms. The Labute approximate surface area is 248 Å². The van der Waals surface area contributed by atoms with Gasteiger partial charge in [0.25, 0.3) is 11.8 Å². The van der Waals surface area contributed by atoms with Crippen LogP contribution in [0.25, 0.3) is 0 Å². The Morgan fingerprint density at radius 2 is 1.44 bits per heavy atom. The second-order valence-corrected chi connectivity index (χ2v) is 11.2. The number of hydrogen-bond acceptors (Lipinski definition) is 13. The normalized spacial score (nSPS) is 13.9. The number of ether oxygens (including phenoxy) is 5. The number of carbonyl (C=O) groups excluding carboxylic acids is 4. The highest BCUT2D eigenvalue weighted by molar-refractivity contribution is 8.76. The quantitative estimate of drug-likeness (QED) is 0.102. The van der Waals surface area contributed by atoms with E-state index in [2.05, 4.69) is 10.3 Å². The van der Waals surface area contributed by atoms with Crippen LogP contribution in [0.5, 0.6) is 0 Å². The summed E-state index contributed by atoms with van der Waals surface area (Å²) in [6, 6.07) is 5.75. The maximum Gasteiger partial charge on any atom is 0.335 e. The van der Waals surface area contributed by atoms with Crippen LogP contribution < -0.4 is 5.32 Å². The molecule has 1 fully saturated rings. The van der Waals surface area contributed by atoms with Gasteiger partial charge in [-0.1, -0.05) is 23.8 Å². The average Bonchev–Trinajstić information content (AvgIpc) is 3.28. The van der Waals surface area contributed by atoms with Gasteiger partial charge in [0.05, 0.1) is 72.5 Å². The number of aromatic nitrogens is 1. The summed E-state index contributed by atoms with van der Waals surface area (Å²) in [6.07, 6.45) is 2.22. The van der Waals surface area contributed by atoms with Crippen molar-refractivity contribution in [3.05, 3.63) is 24.4 Å². The fourth-order valence-corrected chi connectivity index (χ4v) is 5.11. The molecule has 2 heterocycles. The fraction of sp³-hybridized carbons (Fsp3) is 0.654. The molecule has 0 aromatic carbocycles. The van der Waals surface area contributed by atoms with Crippen molar-refractivity contribution in [2.24, 2.45) is 0 Å². The topological polar surface area (TPSA) is 152 Å². The zero-order chi connectivity index (χ0) is 29.5. The molecule has 0 bridgehead atoms. The van der Waals surface area contributed by atoms with Gasteiger partial charge >= 0.3 is 5.97 Å². The first-order chi connectivity index (χ1) is 20.0. The van der Waals surface area contributed by atoms with E-state index in [1.54, 1.807) is 27.8 Å². The summed E-state index contributed by atoms with van der Waals surface area (Å²) in [7, 11) is 3.19. The van der Waals surface area contributed by atoms with Gasteiger partial charge < -0.3 is 33.8 Å². The van der Waals surface area contributed by atoms with Crippen LogP contribution in [-0.2, 0) is 47.7 Å². The number of amides is 3. The zero-order valence-electron chi connectivity index (χ0n) is 23.3. The first kappa shape index (κ1) is 34.9. The van der Waals surface area contributed by atoms with E-state index in [4.69, 9.17) is 28.5 Å². The second-order valence-electron chi connectivity index (χ2n) is 8.57. The molecule has 1 aliphatic heterocycles. The molecule has 13 nitrogen and oxygen atoms in total. The number of hydrogen-bond donors (Lipinski definition) is 1. The van der Waals surface area contributed by atoms with Gasteiger partial charge in [0, 0.05) is 37.3 Å². The van der Waals surface area contributed by atoms with Crippen LogP contribution in [0.3, 0.4) is 0 Å². The maximum absolute atomic E-state index is 12.0. The summed E-state index contributed by atoms with van der Waals surface area (Å²) in [6.45, 7) is 6.10. The minimum atomic E-state index is -0.701. The lowest BCUT2D eigenvalue weighted by Gasteiger charge is -2.12. The van der Waals surface area contributed by atoms with Crippen molar-refractivity contribution >= 4 is 45.3 Å². The predicted octanol–water partition coefficient (Wildman–Crippen LogP) is 1.80. The summed E-state index contributed by atoms with van der Waals surface area (Å²) >= 11 is 0. The van der Waals surface area contributed by atoms with Crippen molar-refractivity contribution in [1.82, 2.24) is 15.4 Å². The standard InChI is InChI=1S/C26H39N3O10S2/c1-21(40-41-23-4-2-3-8-28-23)20-22(30)27-9-11-35-13-15-37-17-19-38-18-16-36-14-12-34-10-7-26(33)39-29-24(31)5-6-25(29)32/h2-4,8,21H,5-7,9-20H2,1H3,(H,27,30). The van der Waals surface area contributed by atoms with Crippen LogP contribution in [-0.4, -0.2) is 112 Å². The van der Waals surface area contributed by atoms with E-state index in [-0.39, 0.29) is 43.6 Å². The molecule has 0 saturated carbocycles.